The maximum absolute atomic E-state index is 12.5. The van der Waals surface area contributed by atoms with E-state index in [1.165, 1.54) is 0 Å². The van der Waals surface area contributed by atoms with Crippen LogP contribution in [0.1, 0.15) is 32.6 Å². The van der Waals surface area contributed by atoms with Gasteiger partial charge in [-0.2, -0.15) is 0 Å². The van der Waals surface area contributed by atoms with Crippen LogP contribution in [0.25, 0.3) is 0 Å². The third kappa shape index (κ3) is 3.51. The monoisotopic (exact) mass is 326 g/mol. The molecule has 1 aromatic heterocycles. The summed E-state index contributed by atoms with van der Waals surface area (Å²) in [5.74, 6) is 0.592. The van der Waals surface area contributed by atoms with Crippen LogP contribution in [-0.4, -0.2) is 29.0 Å². The molecule has 2 heterocycles. The average molecular weight is 327 g/mol. The van der Waals surface area contributed by atoms with Gasteiger partial charge in [0.15, 0.2) is 5.82 Å². The van der Waals surface area contributed by atoms with Crippen LogP contribution in [0.3, 0.4) is 0 Å². The molecule has 5 nitrogen and oxygen atoms in total. The molecule has 0 radical (unpaired) electrons. The summed E-state index contributed by atoms with van der Waals surface area (Å²) in [5, 5.41) is 6.21. The third-order valence-corrected chi connectivity index (χ3v) is 4.04. The van der Waals surface area contributed by atoms with Gasteiger partial charge in [-0.05, 0) is 48.3 Å². The fraction of sp³-hybridized carbons (Fsp3) is 0.615. The molecule has 104 valence electrons. The molecule has 0 saturated carbocycles. The molecule has 1 aromatic rings. The molecule has 2 rings (SSSR count). The number of aromatic nitrogens is 2. The Kier molecular flexibility index (Phi) is 4.87. The highest BCUT2D eigenvalue weighted by molar-refractivity contribution is 9.10. The molecular formula is C13H19BrN4O. The van der Waals surface area contributed by atoms with Gasteiger partial charge in [0.05, 0.1) is 17.8 Å². The average Bonchev–Trinajstić information content (AvgIpc) is 2.43. The first-order chi connectivity index (χ1) is 9.16. The molecule has 1 saturated heterocycles. The van der Waals surface area contributed by atoms with E-state index in [0.29, 0.717) is 10.4 Å². The maximum atomic E-state index is 12.5. The largest absolute Gasteiger partial charge is 0.317 e. The smallest absolute Gasteiger partial charge is 0.231 e. The van der Waals surface area contributed by atoms with E-state index in [0.717, 1.165) is 38.8 Å². The van der Waals surface area contributed by atoms with Crippen molar-refractivity contribution in [3.05, 3.63) is 17.0 Å². The van der Waals surface area contributed by atoms with Gasteiger partial charge in [0.25, 0.3) is 0 Å². The predicted octanol–water partition coefficient (Wildman–Crippen LogP) is 2.35. The first-order valence-electron chi connectivity index (χ1n) is 6.66. The lowest BCUT2D eigenvalue weighted by atomic mass is 9.74. The van der Waals surface area contributed by atoms with Crippen molar-refractivity contribution in [2.24, 2.45) is 5.41 Å². The second kappa shape index (κ2) is 6.43. The van der Waals surface area contributed by atoms with Crippen molar-refractivity contribution in [2.45, 2.75) is 32.6 Å². The molecule has 6 heteroatoms. The van der Waals surface area contributed by atoms with Crippen LogP contribution in [0, 0.1) is 5.41 Å². The van der Waals surface area contributed by atoms with Crippen LogP contribution in [0.4, 0.5) is 5.82 Å². The molecule has 1 aliphatic rings. The van der Waals surface area contributed by atoms with E-state index >= 15 is 0 Å². The number of carbonyl (C=O) groups is 1. The minimum Gasteiger partial charge on any atom is -0.317 e. The second-order valence-electron chi connectivity index (χ2n) is 4.96. The number of hydrogen-bond donors (Lipinski definition) is 2. The summed E-state index contributed by atoms with van der Waals surface area (Å²) in [6.07, 6.45) is 6.87. The highest BCUT2D eigenvalue weighted by Crippen LogP contribution is 2.35. The zero-order valence-electron chi connectivity index (χ0n) is 11.1. The van der Waals surface area contributed by atoms with Crippen LogP contribution in [0.5, 0.6) is 0 Å². The summed E-state index contributed by atoms with van der Waals surface area (Å²) in [6, 6.07) is 0. The predicted molar refractivity (Wildman–Crippen MR) is 77.8 cm³/mol. The van der Waals surface area contributed by atoms with Crippen LogP contribution in [0.15, 0.2) is 17.0 Å². The molecule has 0 aliphatic carbocycles. The minimum absolute atomic E-state index is 0.0764. The van der Waals surface area contributed by atoms with Gasteiger partial charge < -0.3 is 10.6 Å². The summed E-state index contributed by atoms with van der Waals surface area (Å²) in [4.78, 5) is 20.8. The topological polar surface area (TPSA) is 66.9 Å². The number of halogens is 1. The van der Waals surface area contributed by atoms with Crippen molar-refractivity contribution in [1.29, 1.82) is 0 Å². The summed E-state index contributed by atoms with van der Waals surface area (Å²) in [5.41, 5.74) is -0.255. The summed E-state index contributed by atoms with van der Waals surface area (Å²) >= 11 is 3.23. The molecular weight excluding hydrogens is 308 g/mol. The van der Waals surface area contributed by atoms with E-state index in [9.17, 15) is 4.79 Å². The first kappa shape index (κ1) is 14.4. The Balaban J connectivity index is 2.09. The third-order valence-electron chi connectivity index (χ3n) is 3.63. The zero-order chi connectivity index (χ0) is 13.7. The number of hydrogen-bond acceptors (Lipinski definition) is 4. The normalized spacial score (nSPS) is 18.0. The molecule has 1 aliphatic heterocycles. The van der Waals surface area contributed by atoms with Gasteiger partial charge in [-0.25, -0.2) is 9.97 Å². The number of amides is 1. The zero-order valence-corrected chi connectivity index (χ0v) is 12.7. The second-order valence-corrected chi connectivity index (χ2v) is 5.77. The summed E-state index contributed by atoms with van der Waals surface area (Å²) in [6.45, 7) is 3.93. The number of carbonyl (C=O) groups excluding carboxylic acids is 1. The summed E-state index contributed by atoms with van der Waals surface area (Å²) in [7, 11) is 0. The molecule has 0 atom stereocenters. The van der Waals surface area contributed by atoms with E-state index in [4.69, 9.17) is 0 Å². The van der Waals surface area contributed by atoms with Gasteiger partial charge in [0.1, 0.15) is 4.60 Å². The quantitative estimate of drug-likeness (QED) is 0.891. The van der Waals surface area contributed by atoms with Crippen molar-refractivity contribution in [3.63, 3.8) is 0 Å². The van der Waals surface area contributed by atoms with Crippen molar-refractivity contribution < 1.29 is 4.79 Å². The molecule has 0 aromatic carbocycles. The van der Waals surface area contributed by atoms with Gasteiger partial charge in [0.2, 0.25) is 5.91 Å². The van der Waals surface area contributed by atoms with E-state index in [1.54, 1.807) is 12.4 Å². The van der Waals surface area contributed by atoms with E-state index in [-0.39, 0.29) is 11.3 Å². The number of piperidine rings is 1. The molecule has 19 heavy (non-hydrogen) atoms. The Morgan fingerprint density at radius 2 is 2.16 bits per heavy atom. The van der Waals surface area contributed by atoms with Gasteiger partial charge >= 0.3 is 0 Å². The fourth-order valence-corrected chi connectivity index (χ4v) is 2.80. The molecule has 0 unspecified atom stereocenters. The standard InChI is InChI=1S/C13H19BrN4O/c1-2-3-13(4-6-15-7-5-13)12(19)18-11-9-16-10(14)8-17-11/h8-9,15H,2-7H2,1H3,(H,17,18,19). The van der Waals surface area contributed by atoms with E-state index in [2.05, 4.69) is 43.5 Å². The van der Waals surface area contributed by atoms with Crippen molar-refractivity contribution in [3.8, 4) is 0 Å². The first-order valence-corrected chi connectivity index (χ1v) is 7.45. The van der Waals surface area contributed by atoms with Gasteiger partial charge in [-0.1, -0.05) is 13.3 Å². The Morgan fingerprint density at radius 3 is 2.74 bits per heavy atom. The van der Waals surface area contributed by atoms with Crippen LogP contribution < -0.4 is 10.6 Å². The maximum Gasteiger partial charge on any atom is 0.231 e. The van der Waals surface area contributed by atoms with Crippen molar-refractivity contribution in [2.75, 3.05) is 18.4 Å². The molecule has 1 amide bonds. The minimum atomic E-state index is -0.255. The van der Waals surface area contributed by atoms with Crippen molar-refractivity contribution >= 4 is 27.7 Å². The Labute approximate surface area is 121 Å². The lowest BCUT2D eigenvalue weighted by molar-refractivity contribution is -0.127. The number of rotatable bonds is 4. The molecule has 0 spiro atoms. The van der Waals surface area contributed by atoms with E-state index in [1.807, 2.05) is 0 Å². The number of nitrogens with one attached hydrogen (secondary N) is 2. The summed E-state index contributed by atoms with van der Waals surface area (Å²) < 4.78 is 0.663. The van der Waals surface area contributed by atoms with Gasteiger partial charge in [-0.3, -0.25) is 4.79 Å². The van der Waals surface area contributed by atoms with Crippen LogP contribution in [-0.2, 0) is 4.79 Å². The Hall–Kier alpha value is -1.01. The molecule has 0 bridgehead atoms. The number of nitrogens with zero attached hydrogens (tertiary/aromatic N) is 2. The SMILES string of the molecule is CCCC1(C(=O)Nc2cnc(Br)cn2)CCNCC1. The molecule has 1 fully saturated rings. The Morgan fingerprint density at radius 1 is 1.42 bits per heavy atom. The van der Waals surface area contributed by atoms with Gasteiger partial charge in [0, 0.05) is 0 Å². The van der Waals surface area contributed by atoms with Crippen LogP contribution >= 0.6 is 15.9 Å². The van der Waals surface area contributed by atoms with Gasteiger partial charge in [-0.15, -0.1) is 0 Å². The van der Waals surface area contributed by atoms with Crippen molar-refractivity contribution in [1.82, 2.24) is 15.3 Å². The van der Waals surface area contributed by atoms with Crippen LogP contribution in [0.2, 0.25) is 0 Å². The van der Waals surface area contributed by atoms with E-state index < -0.39 is 0 Å². The number of anilines is 1. The lowest BCUT2D eigenvalue weighted by Crippen LogP contribution is -2.45. The fourth-order valence-electron chi connectivity index (χ4n) is 2.60. The molecule has 2 N–H and O–H groups in total. The lowest BCUT2D eigenvalue weighted by Gasteiger charge is -2.35. The highest BCUT2D eigenvalue weighted by Gasteiger charge is 2.38. The Bertz CT molecular complexity index is 423. The highest BCUT2D eigenvalue weighted by atomic mass is 79.9.